The first-order valence-electron chi connectivity index (χ1n) is 9.43. The molecule has 0 aromatic carbocycles. The summed E-state index contributed by atoms with van der Waals surface area (Å²) >= 11 is 7.09. The summed E-state index contributed by atoms with van der Waals surface area (Å²) in [5.74, 6) is 0.713. The zero-order valence-corrected chi connectivity index (χ0v) is 17.6. The van der Waals surface area contributed by atoms with Gasteiger partial charge in [-0.25, -0.2) is 0 Å². The lowest BCUT2D eigenvalue weighted by atomic mass is 10.1. The Kier molecular flexibility index (Phi) is 13.5. The minimum Gasteiger partial charge on any atom is -0.386 e. The van der Waals surface area contributed by atoms with E-state index in [0.29, 0.717) is 5.75 Å². The third kappa shape index (κ3) is 9.28. The molecule has 0 radical (unpaired) electrons. The van der Waals surface area contributed by atoms with Gasteiger partial charge in [0.1, 0.15) is 17.0 Å². The average Bonchev–Trinajstić information content (AvgIpc) is 2.57. The van der Waals surface area contributed by atoms with Crippen LogP contribution in [0.2, 0.25) is 0 Å². The average molecular weight is 364 g/mol. The lowest BCUT2D eigenvalue weighted by molar-refractivity contribution is -0.927. The van der Waals surface area contributed by atoms with Crippen LogP contribution in [0, 0.1) is 0 Å². The van der Waals surface area contributed by atoms with E-state index < -0.39 is 0 Å². The second kappa shape index (κ2) is 13.5. The molecule has 0 heterocycles. The monoisotopic (exact) mass is 363 g/mol. The van der Waals surface area contributed by atoms with E-state index in [1.54, 1.807) is 11.8 Å². The van der Waals surface area contributed by atoms with Gasteiger partial charge in [0.2, 0.25) is 0 Å². The molecule has 0 amide bonds. The van der Waals surface area contributed by atoms with E-state index in [0.717, 1.165) is 41.5 Å². The summed E-state index contributed by atoms with van der Waals surface area (Å²) in [6, 6.07) is 0. The Morgan fingerprint density at radius 3 is 2.13 bits per heavy atom. The Hall–Kier alpha value is 0.160. The molecular weight excluding hydrogens is 324 g/mol. The molecule has 1 N–H and O–H groups in total. The molecule has 0 bridgehead atoms. The van der Waals surface area contributed by atoms with Gasteiger partial charge in [-0.05, 0) is 40.5 Å². The number of unbranched alkanes of at least 4 members (excludes halogenated alkanes) is 3. The van der Waals surface area contributed by atoms with Crippen LogP contribution in [-0.4, -0.2) is 69.9 Å². The van der Waals surface area contributed by atoms with Gasteiger partial charge in [-0.1, -0.05) is 43.7 Å². The lowest BCUT2D eigenvalue weighted by Crippen LogP contribution is -2.53. The summed E-state index contributed by atoms with van der Waals surface area (Å²) in [5.41, 5.74) is 0. The van der Waals surface area contributed by atoms with Crippen molar-refractivity contribution in [2.45, 2.75) is 66.4 Å². The van der Waals surface area contributed by atoms with Crippen LogP contribution in [-0.2, 0) is 0 Å². The maximum Gasteiger partial charge on any atom is 0.136 e. The number of likely N-dealkylation sites (N-methyl/N-ethyl adjacent to an activating group) is 1. The van der Waals surface area contributed by atoms with Crippen LogP contribution in [0.25, 0.3) is 0 Å². The summed E-state index contributed by atoms with van der Waals surface area (Å²) in [7, 11) is 0. The Bertz CT molecular complexity index is 305. The largest absolute Gasteiger partial charge is 0.386 e. The molecule has 1 atom stereocenters. The molecule has 0 fully saturated rings. The molecule has 5 heteroatoms. The summed E-state index contributed by atoms with van der Waals surface area (Å²) in [6.07, 6.45) is 4.91. The molecule has 0 aliphatic carbocycles. The second-order valence-electron chi connectivity index (χ2n) is 6.34. The van der Waals surface area contributed by atoms with Crippen molar-refractivity contribution in [1.82, 2.24) is 4.90 Å². The number of aliphatic hydroxyl groups excluding tert-OH is 1. The smallest absolute Gasteiger partial charge is 0.136 e. The topological polar surface area (TPSA) is 23.5 Å². The number of hydrogen-bond acceptors (Lipinski definition) is 3. The number of quaternary nitrogens is 1. The highest BCUT2D eigenvalue weighted by Crippen LogP contribution is 2.16. The molecule has 23 heavy (non-hydrogen) atoms. The highest BCUT2D eigenvalue weighted by atomic mass is 32.2. The predicted octanol–water partition coefficient (Wildman–Crippen LogP) is 4.14. The van der Waals surface area contributed by atoms with Gasteiger partial charge < -0.3 is 14.5 Å². The normalized spacial score (nSPS) is 13.1. The first kappa shape index (κ1) is 23.2. The second-order valence-corrected chi connectivity index (χ2v) is 8.00. The summed E-state index contributed by atoms with van der Waals surface area (Å²) in [4.78, 5) is 2.18. The third-order valence-electron chi connectivity index (χ3n) is 4.85. The van der Waals surface area contributed by atoms with Gasteiger partial charge in [0, 0.05) is 18.8 Å². The first-order chi connectivity index (χ1) is 11.0. The van der Waals surface area contributed by atoms with Crippen LogP contribution in [0.5, 0.6) is 0 Å². The number of aliphatic hydroxyl groups is 1. The van der Waals surface area contributed by atoms with E-state index in [-0.39, 0.29) is 6.10 Å². The molecule has 0 aliphatic rings. The molecule has 0 aromatic heterocycles. The van der Waals surface area contributed by atoms with E-state index in [9.17, 15) is 5.11 Å². The molecule has 1 unspecified atom stereocenters. The van der Waals surface area contributed by atoms with Crippen LogP contribution in [0.1, 0.15) is 60.3 Å². The maximum atomic E-state index is 10.5. The molecule has 3 nitrogen and oxygen atoms in total. The fourth-order valence-electron chi connectivity index (χ4n) is 3.00. The predicted molar refractivity (Wildman–Crippen MR) is 109 cm³/mol. The summed E-state index contributed by atoms with van der Waals surface area (Å²) in [6.45, 7) is 17.1. The van der Waals surface area contributed by atoms with Crippen LogP contribution < -0.4 is 0 Å². The fourth-order valence-corrected chi connectivity index (χ4v) is 4.35. The van der Waals surface area contributed by atoms with Crippen molar-refractivity contribution in [3.63, 3.8) is 0 Å². The number of hydrogen-bond donors (Lipinski definition) is 1. The minimum atomic E-state index is -0.278. The van der Waals surface area contributed by atoms with Gasteiger partial charge in [-0.2, -0.15) is 0 Å². The highest BCUT2D eigenvalue weighted by molar-refractivity contribution is 8.22. The van der Waals surface area contributed by atoms with Gasteiger partial charge in [0.05, 0.1) is 19.6 Å². The minimum absolute atomic E-state index is 0.278. The third-order valence-corrected chi connectivity index (χ3v) is 6.51. The maximum absolute atomic E-state index is 10.5. The van der Waals surface area contributed by atoms with Crippen molar-refractivity contribution < 1.29 is 9.59 Å². The Morgan fingerprint density at radius 2 is 1.65 bits per heavy atom. The van der Waals surface area contributed by atoms with Crippen LogP contribution in [0.15, 0.2) is 0 Å². The van der Waals surface area contributed by atoms with Crippen molar-refractivity contribution in [3.8, 4) is 0 Å². The zero-order valence-electron chi connectivity index (χ0n) is 16.0. The molecule has 0 aromatic rings. The van der Waals surface area contributed by atoms with Crippen molar-refractivity contribution >= 4 is 28.3 Å². The molecule has 0 spiro atoms. The molecular formula is C18H39N2OS2+. The zero-order chi connectivity index (χ0) is 17.7. The molecule has 0 aliphatic heterocycles. The highest BCUT2D eigenvalue weighted by Gasteiger charge is 2.26. The van der Waals surface area contributed by atoms with Gasteiger partial charge in [-0.15, -0.1) is 0 Å². The number of rotatable bonds is 13. The Labute approximate surface area is 154 Å². The van der Waals surface area contributed by atoms with Crippen LogP contribution >= 0.6 is 24.0 Å². The molecule has 138 valence electrons. The Morgan fingerprint density at radius 1 is 1.04 bits per heavy atom. The standard InChI is InChI=1S/C18H39N2OS2/c1-6-11-12-13-14-20(9-4,10-5)15-17(21)16-23-18(22)19(7-2)8-3/h17,21H,6-16H2,1-5H3/q+1. The van der Waals surface area contributed by atoms with Crippen LogP contribution in [0.3, 0.4) is 0 Å². The van der Waals surface area contributed by atoms with Crippen molar-refractivity contribution in [1.29, 1.82) is 0 Å². The quantitative estimate of drug-likeness (QED) is 0.302. The molecule has 0 saturated heterocycles. The van der Waals surface area contributed by atoms with Crippen molar-refractivity contribution in [2.24, 2.45) is 0 Å². The van der Waals surface area contributed by atoms with E-state index in [2.05, 4.69) is 39.5 Å². The van der Waals surface area contributed by atoms with E-state index in [1.165, 1.54) is 32.2 Å². The molecule has 0 rings (SSSR count). The summed E-state index contributed by atoms with van der Waals surface area (Å²) in [5, 5.41) is 10.5. The number of thioether (sulfide) groups is 1. The van der Waals surface area contributed by atoms with E-state index in [1.807, 2.05) is 0 Å². The number of nitrogens with zero attached hydrogens (tertiary/aromatic N) is 2. The van der Waals surface area contributed by atoms with Crippen molar-refractivity contribution in [3.05, 3.63) is 0 Å². The van der Waals surface area contributed by atoms with Gasteiger partial charge in [0.25, 0.3) is 0 Å². The van der Waals surface area contributed by atoms with Gasteiger partial charge in [0.15, 0.2) is 0 Å². The first-order valence-corrected chi connectivity index (χ1v) is 10.8. The van der Waals surface area contributed by atoms with E-state index >= 15 is 0 Å². The van der Waals surface area contributed by atoms with Crippen LogP contribution in [0.4, 0.5) is 0 Å². The fraction of sp³-hybridized carbons (Fsp3) is 0.944. The van der Waals surface area contributed by atoms with Crippen molar-refractivity contribution in [2.75, 3.05) is 45.0 Å². The molecule has 0 saturated carbocycles. The lowest BCUT2D eigenvalue weighted by Gasteiger charge is -2.38. The summed E-state index contributed by atoms with van der Waals surface area (Å²) < 4.78 is 1.95. The SMILES string of the molecule is CCCCCC[N+](CC)(CC)CC(O)CSC(=S)N(CC)CC. The van der Waals surface area contributed by atoms with E-state index in [4.69, 9.17) is 12.2 Å². The van der Waals surface area contributed by atoms with Gasteiger partial charge in [-0.3, -0.25) is 0 Å². The number of thiocarbonyl (C=S) groups is 1. The Balaban J connectivity index is 4.37. The van der Waals surface area contributed by atoms with Gasteiger partial charge >= 0.3 is 0 Å².